The number of aryl methyl sites for hydroxylation is 1. The van der Waals surface area contributed by atoms with Gasteiger partial charge < -0.3 is 15.0 Å². The summed E-state index contributed by atoms with van der Waals surface area (Å²) in [6.45, 7) is 6.59. The Morgan fingerprint density at radius 2 is 1.72 bits per heavy atom. The first kappa shape index (κ1) is 33.3. The predicted molar refractivity (Wildman–Crippen MR) is 165 cm³/mol. The van der Waals surface area contributed by atoms with Crippen molar-refractivity contribution in [1.29, 1.82) is 0 Å². The molecule has 0 heterocycles. The summed E-state index contributed by atoms with van der Waals surface area (Å²) in [6.07, 6.45) is 0. The molecule has 11 nitrogen and oxygen atoms in total. The Bertz CT molecular complexity index is 1580. The molecule has 0 saturated heterocycles. The van der Waals surface area contributed by atoms with E-state index in [0.29, 0.717) is 6.54 Å². The molecule has 0 aliphatic rings. The molecular weight excluding hydrogens is 596 g/mol. The number of benzene rings is 3. The number of methoxy groups -OCH3 is 1. The Kier molecular flexibility index (Phi) is 11.1. The second kappa shape index (κ2) is 14.3. The summed E-state index contributed by atoms with van der Waals surface area (Å²) in [5.74, 6) is -0.825. The van der Waals surface area contributed by atoms with Crippen LogP contribution < -0.4 is 14.4 Å². The van der Waals surface area contributed by atoms with Crippen molar-refractivity contribution < 1.29 is 27.7 Å². The molecule has 1 N–H and O–H groups in total. The Morgan fingerprint density at radius 3 is 2.33 bits per heavy atom. The molecule has 230 valence electrons. The van der Waals surface area contributed by atoms with Crippen LogP contribution in [0.2, 0.25) is 5.02 Å². The molecule has 13 heteroatoms. The molecule has 0 bridgehead atoms. The van der Waals surface area contributed by atoms with Crippen LogP contribution in [0, 0.1) is 23.0 Å². The zero-order valence-corrected chi connectivity index (χ0v) is 26.2. The van der Waals surface area contributed by atoms with E-state index in [2.05, 4.69) is 5.32 Å². The topological polar surface area (TPSA) is 139 Å². The Balaban J connectivity index is 2.13. The molecule has 3 aromatic rings. The van der Waals surface area contributed by atoms with E-state index in [1.165, 1.54) is 49.3 Å². The molecule has 3 aromatic carbocycles. The SMILES string of the molecule is COc1ccc(Cl)cc1N(CC(=O)N(Cc1ccccc1)[C@H](C)C(=O)NCC(C)C)S(=O)(=O)c1ccc(C)c([N+](=O)[O-])c1. The lowest BCUT2D eigenvalue weighted by Gasteiger charge is -2.32. The number of nitro groups is 1. The van der Waals surface area contributed by atoms with Gasteiger partial charge in [-0.05, 0) is 49.6 Å². The van der Waals surface area contributed by atoms with E-state index in [0.717, 1.165) is 15.9 Å². The van der Waals surface area contributed by atoms with Crippen molar-refractivity contribution in [2.75, 3.05) is 24.5 Å². The van der Waals surface area contributed by atoms with Gasteiger partial charge in [-0.3, -0.25) is 24.0 Å². The summed E-state index contributed by atoms with van der Waals surface area (Å²) in [4.78, 5) is 39.0. The van der Waals surface area contributed by atoms with Crippen LogP contribution >= 0.6 is 11.6 Å². The summed E-state index contributed by atoms with van der Waals surface area (Å²) in [6, 6.07) is 15.8. The average molecular weight is 631 g/mol. The van der Waals surface area contributed by atoms with Crippen LogP contribution in [0.1, 0.15) is 31.9 Å². The van der Waals surface area contributed by atoms with Gasteiger partial charge >= 0.3 is 0 Å². The second-order valence-electron chi connectivity index (χ2n) is 10.4. The molecule has 0 fully saturated rings. The van der Waals surface area contributed by atoms with Crippen molar-refractivity contribution in [1.82, 2.24) is 10.2 Å². The lowest BCUT2D eigenvalue weighted by atomic mass is 10.1. The van der Waals surface area contributed by atoms with E-state index in [1.807, 2.05) is 19.9 Å². The van der Waals surface area contributed by atoms with E-state index in [9.17, 15) is 28.1 Å². The van der Waals surface area contributed by atoms with Crippen LogP contribution in [0.4, 0.5) is 11.4 Å². The third-order valence-corrected chi connectivity index (χ3v) is 8.69. The smallest absolute Gasteiger partial charge is 0.273 e. The number of ether oxygens (including phenoxy) is 1. The molecule has 2 amide bonds. The third-order valence-electron chi connectivity index (χ3n) is 6.70. The fourth-order valence-corrected chi connectivity index (χ4v) is 5.86. The molecular formula is C30H35ClN4O7S. The van der Waals surface area contributed by atoms with Crippen molar-refractivity contribution in [2.24, 2.45) is 5.92 Å². The minimum atomic E-state index is -4.60. The highest BCUT2D eigenvalue weighted by molar-refractivity contribution is 7.92. The van der Waals surface area contributed by atoms with Crippen molar-refractivity contribution in [3.8, 4) is 5.75 Å². The summed E-state index contributed by atoms with van der Waals surface area (Å²) in [5, 5.41) is 14.6. The summed E-state index contributed by atoms with van der Waals surface area (Å²) >= 11 is 6.25. The van der Waals surface area contributed by atoms with Crippen molar-refractivity contribution in [3.63, 3.8) is 0 Å². The number of halogens is 1. The summed E-state index contributed by atoms with van der Waals surface area (Å²) in [7, 11) is -3.27. The summed E-state index contributed by atoms with van der Waals surface area (Å²) in [5.41, 5.74) is 0.542. The second-order valence-corrected chi connectivity index (χ2v) is 12.7. The minimum absolute atomic E-state index is 0.0203. The van der Waals surface area contributed by atoms with Gasteiger partial charge in [-0.1, -0.05) is 61.8 Å². The zero-order valence-electron chi connectivity index (χ0n) is 24.6. The van der Waals surface area contributed by atoms with E-state index >= 15 is 0 Å². The first-order valence-corrected chi connectivity index (χ1v) is 15.3. The van der Waals surface area contributed by atoms with Gasteiger partial charge in [-0.15, -0.1) is 0 Å². The number of rotatable bonds is 13. The largest absolute Gasteiger partial charge is 0.495 e. The van der Waals surface area contributed by atoms with Gasteiger partial charge in [-0.25, -0.2) is 8.42 Å². The fourth-order valence-electron chi connectivity index (χ4n) is 4.26. The normalized spacial score (nSPS) is 12.0. The molecule has 1 atom stereocenters. The van der Waals surface area contributed by atoms with Crippen LogP contribution in [-0.2, 0) is 26.2 Å². The van der Waals surface area contributed by atoms with Crippen molar-refractivity contribution in [3.05, 3.63) is 93.0 Å². The number of hydrogen-bond donors (Lipinski definition) is 1. The maximum atomic E-state index is 14.2. The maximum Gasteiger partial charge on any atom is 0.273 e. The highest BCUT2D eigenvalue weighted by Gasteiger charge is 2.35. The monoisotopic (exact) mass is 630 g/mol. The van der Waals surface area contributed by atoms with Gasteiger partial charge in [0.2, 0.25) is 11.8 Å². The number of nitrogens with zero attached hydrogens (tertiary/aromatic N) is 3. The highest BCUT2D eigenvalue weighted by Crippen LogP contribution is 2.36. The Morgan fingerprint density at radius 1 is 1.05 bits per heavy atom. The van der Waals surface area contributed by atoms with Crippen LogP contribution in [0.3, 0.4) is 0 Å². The number of nitrogens with one attached hydrogen (secondary N) is 1. The molecule has 3 rings (SSSR count). The number of amides is 2. The average Bonchev–Trinajstić information content (AvgIpc) is 2.97. The lowest BCUT2D eigenvalue weighted by Crippen LogP contribution is -2.51. The van der Waals surface area contributed by atoms with Crippen LogP contribution in [0.25, 0.3) is 0 Å². The third kappa shape index (κ3) is 8.23. The molecule has 0 saturated carbocycles. The quantitative estimate of drug-likeness (QED) is 0.208. The zero-order chi connectivity index (χ0) is 31.9. The van der Waals surface area contributed by atoms with E-state index in [4.69, 9.17) is 16.3 Å². The van der Waals surface area contributed by atoms with Gasteiger partial charge in [-0.2, -0.15) is 0 Å². The van der Waals surface area contributed by atoms with E-state index in [1.54, 1.807) is 31.2 Å². The lowest BCUT2D eigenvalue weighted by molar-refractivity contribution is -0.385. The molecule has 0 unspecified atom stereocenters. The van der Waals surface area contributed by atoms with E-state index in [-0.39, 0.29) is 34.5 Å². The van der Waals surface area contributed by atoms with Gasteiger partial charge in [0.15, 0.2) is 0 Å². The van der Waals surface area contributed by atoms with E-state index < -0.39 is 49.9 Å². The number of carbonyl (C=O) groups excluding carboxylic acids is 2. The molecule has 0 spiro atoms. The predicted octanol–water partition coefficient (Wildman–Crippen LogP) is 4.95. The minimum Gasteiger partial charge on any atom is -0.495 e. The van der Waals surface area contributed by atoms with Crippen LogP contribution in [-0.4, -0.2) is 56.3 Å². The molecule has 0 aromatic heterocycles. The Labute approximate surface area is 256 Å². The van der Waals surface area contributed by atoms with Crippen molar-refractivity contribution >= 4 is 44.8 Å². The fraction of sp³-hybridized carbons (Fsp3) is 0.333. The number of carbonyl (C=O) groups is 2. The molecule has 43 heavy (non-hydrogen) atoms. The first-order valence-electron chi connectivity index (χ1n) is 13.5. The number of nitro benzene ring substituents is 1. The Hall–Kier alpha value is -4.16. The summed E-state index contributed by atoms with van der Waals surface area (Å²) < 4.78 is 34.5. The molecule has 0 radical (unpaired) electrons. The van der Waals surface area contributed by atoms with Crippen molar-refractivity contribution in [2.45, 2.75) is 45.2 Å². The maximum absolute atomic E-state index is 14.2. The molecule has 0 aliphatic heterocycles. The highest BCUT2D eigenvalue weighted by atomic mass is 35.5. The standard InChI is InChI=1S/C30H35ClN4O7S/c1-20(2)17-32-30(37)22(4)33(18-23-9-7-6-8-10-23)29(36)19-34(27-15-24(31)12-14-28(27)42-5)43(40,41)25-13-11-21(3)26(16-25)35(38)39/h6-16,20,22H,17-19H2,1-5H3,(H,32,37)/t22-/m1/s1. The van der Waals surface area contributed by atoms with Gasteiger partial charge in [0.05, 0.1) is 22.6 Å². The number of sulfonamides is 1. The number of hydrogen-bond acceptors (Lipinski definition) is 7. The number of anilines is 1. The van der Waals surface area contributed by atoms with Gasteiger partial charge in [0, 0.05) is 29.7 Å². The van der Waals surface area contributed by atoms with Crippen LogP contribution in [0.15, 0.2) is 71.6 Å². The van der Waals surface area contributed by atoms with Crippen LogP contribution in [0.5, 0.6) is 5.75 Å². The van der Waals surface area contributed by atoms with Gasteiger partial charge in [0.1, 0.15) is 18.3 Å². The van der Waals surface area contributed by atoms with Gasteiger partial charge in [0.25, 0.3) is 15.7 Å². The first-order chi connectivity index (χ1) is 20.3. The molecule has 0 aliphatic carbocycles.